The van der Waals surface area contributed by atoms with Crippen LogP contribution in [0.25, 0.3) is 0 Å². The third kappa shape index (κ3) is 2.58. The summed E-state index contributed by atoms with van der Waals surface area (Å²) in [6, 6.07) is 0.573. The maximum atomic E-state index is 5.73. The first-order valence-electron chi connectivity index (χ1n) is 6.75. The van der Waals surface area contributed by atoms with Gasteiger partial charge in [-0.15, -0.1) is 0 Å². The van der Waals surface area contributed by atoms with Gasteiger partial charge in [-0.3, -0.25) is 4.68 Å². The molecule has 0 bridgehead atoms. The number of hydrogen-bond donors (Lipinski definition) is 1. The van der Waals surface area contributed by atoms with Crippen LogP contribution in [0.4, 0.5) is 0 Å². The van der Waals surface area contributed by atoms with Crippen molar-refractivity contribution in [2.45, 2.75) is 44.1 Å². The molecule has 0 unspecified atom stereocenters. The highest BCUT2D eigenvalue weighted by molar-refractivity contribution is 5.03. The first kappa shape index (κ1) is 12.1. The third-order valence-electron chi connectivity index (χ3n) is 3.91. The van der Waals surface area contributed by atoms with Crippen LogP contribution in [0, 0.1) is 0 Å². The molecule has 18 heavy (non-hydrogen) atoms. The Morgan fingerprint density at radius 2 is 2.11 bits per heavy atom. The van der Waals surface area contributed by atoms with E-state index in [9.17, 15) is 0 Å². The molecule has 1 N–H and O–H groups in total. The van der Waals surface area contributed by atoms with Crippen LogP contribution in [0.15, 0.2) is 12.4 Å². The van der Waals surface area contributed by atoms with Crippen molar-refractivity contribution < 1.29 is 9.47 Å². The van der Waals surface area contributed by atoms with Gasteiger partial charge in [0.1, 0.15) is 0 Å². The highest BCUT2D eigenvalue weighted by Crippen LogP contribution is 2.35. The fraction of sp³-hybridized carbons (Fsp3) is 0.769. The third-order valence-corrected chi connectivity index (χ3v) is 3.91. The van der Waals surface area contributed by atoms with Gasteiger partial charge in [0.2, 0.25) is 0 Å². The summed E-state index contributed by atoms with van der Waals surface area (Å²) in [7, 11) is 1.95. The molecular formula is C13H21N3O2. The average molecular weight is 251 g/mol. The highest BCUT2D eigenvalue weighted by atomic mass is 16.7. The molecule has 1 spiro atoms. The van der Waals surface area contributed by atoms with Gasteiger partial charge in [0.25, 0.3) is 0 Å². The van der Waals surface area contributed by atoms with Crippen LogP contribution in [-0.4, -0.2) is 34.8 Å². The van der Waals surface area contributed by atoms with Crippen LogP contribution in [-0.2, 0) is 23.1 Å². The van der Waals surface area contributed by atoms with Crippen molar-refractivity contribution in [2.75, 3.05) is 13.2 Å². The summed E-state index contributed by atoms with van der Waals surface area (Å²) < 4.78 is 13.3. The molecule has 1 aliphatic carbocycles. The number of aryl methyl sites for hydroxylation is 1. The van der Waals surface area contributed by atoms with Crippen molar-refractivity contribution in [1.82, 2.24) is 15.1 Å². The molecule has 1 aromatic rings. The van der Waals surface area contributed by atoms with Crippen LogP contribution in [0.3, 0.4) is 0 Å². The Balaban J connectivity index is 1.45. The van der Waals surface area contributed by atoms with Crippen LogP contribution < -0.4 is 5.32 Å². The summed E-state index contributed by atoms with van der Waals surface area (Å²) in [5.74, 6) is -0.244. The minimum atomic E-state index is -0.244. The Kier molecular flexibility index (Phi) is 3.37. The molecule has 2 fully saturated rings. The largest absolute Gasteiger partial charge is 0.348 e. The first-order valence-corrected chi connectivity index (χ1v) is 6.75. The molecule has 5 heteroatoms. The molecule has 1 saturated carbocycles. The van der Waals surface area contributed by atoms with Gasteiger partial charge in [-0.2, -0.15) is 5.10 Å². The van der Waals surface area contributed by atoms with Crippen LogP contribution in [0.2, 0.25) is 0 Å². The summed E-state index contributed by atoms with van der Waals surface area (Å²) in [5.41, 5.74) is 1.24. The lowest BCUT2D eigenvalue weighted by atomic mass is 9.90. The van der Waals surface area contributed by atoms with E-state index in [0.717, 1.165) is 45.4 Å². The second-order valence-electron chi connectivity index (χ2n) is 5.29. The van der Waals surface area contributed by atoms with Crippen molar-refractivity contribution >= 4 is 0 Å². The monoisotopic (exact) mass is 251 g/mol. The molecule has 2 heterocycles. The quantitative estimate of drug-likeness (QED) is 0.877. The lowest BCUT2D eigenvalue weighted by Gasteiger charge is -2.35. The van der Waals surface area contributed by atoms with Crippen molar-refractivity contribution in [3.63, 3.8) is 0 Å². The molecule has 3 rings (SSSR count). The smallest absolute Gasteiger partial charge is 0.168 e. The Bertz CT molecular complexity index is 389. The standard InChI is InChI=1S/C13H21N3O2/c1-16-10-11(9-15-16)8-14-12-2-4-13(5-3-12)17-6-7-18-13/h9-10,12,14H,2-8H2,1H3. The summed E-state index contributed by atoms with van der Waals surface area (Å²) in [6.45, 7) is 2.41. The predicted molar refractivity (Wildman–Crippen MR) is 66.9 cm³/mol. The van der Waals surface area contributed by atoms with E-state index >= 15 is 0 Å². The van der Waals surface area contributed by atoms with Gasteiger partial charge in [0.05, 0.1) is 19.4 Å². The predicted octanol–water partition coefficient (Wildman–Crippen LogP) is 1.20. The van der Waals surface area contributed by atoms with Gasteiger partial charge in [-0.1, -0.05) is 0 Å². The highest BCUT2D eigenvalue weighted by Gasteiger charge is 2.40. The number of aromatic nitrogens is 2. The zero-order chi connectivity index (χ0) is 12.4. The molecule has 1 aromatic heterocycles. The van der Waals surface area contributed by atoms with Crippen molar-refractivity contribution in [3.05, 3.63) is 18.0 Å². The Hall–Kier alpha value is -0.910. The Morgan fingerprint density at radius 3 is 2.72 bits per heavy atom. The molecule has 1 saturated heterocycles. The molecule has 100 valence electrons. The van der Waals surface area contributed by atoms with Gasteiger partial charge in [-0.05, 0) is 12.8 Å². The molecule has 2 aliphatic rings. The van der Waals surface area contributed by atoms with Crippen LogP contribution >= 0.6 is 0 Å². The van der Waals surface area contributed by atoms with E-state index in [1.165, 1.54) is 5.56 Å². The van der Waals surface area contributed by atoms with E-state index in [4.69, 9.17) is 9.47 Å². The van der Waals surface area contributed by atoms with E-state index < -0.39 is 0 Å². The fourth-order valence-corrected chi connectivity index (χ4v) is 2.87. The minimum absolute atomic E-state index is 0.244. The number of hydrogen-bond acceptors (Lipinski definition) is 4. The van der Waals surface area contributed by atoms with E-state index in [1.807, 2.05) is 17.9 Å². The fourth-order valence-electron chi connectivity index (χ4n) is 2.87. The summed E-state index contributed by atoms with van der Waals surface area (Å²) >= 11 is 0. The SMILES string of the molecule is Cn1cc(CNC2CCC3(CC2)OCCO3)cn1. The molecule has 0 radical (unpaired) electrons. The number of rotatable bonds is 3. The van der Waals surface area contributed by atoms with Gasteiger partial charge in [-0.25, -0.2) is 0 Å². The number of ether oxygens (including phenoxy) is 2. The zero-order valence-corrected chi connectivity index (χ0v) is 10.9. The average Bonchev–Trinajstić information content (AvgIpc) is 2.99. The van der Waals surface area contributed by atoms with Crippen LogP contribution in [0.5, 0.6) is 0 Å². The van der Waals surface area contributed by atoms with Crippen molar-refractivity contribution in [1.29, 1.82) is 0 Å². The van der Waals surface area contributed by atoms with E-state index in [2.05, 4.69) is 16.6 Å². The second-order valence-corrected chi connectivity index (χ2v) is 5.29. The lowest BCUT2D eigenvalue weighted by Crippen LogP contribution is -2.41. The van der Waals surface area contributed by atoms with Gasteiger partial charge < -0.3 is 14.8 Å². The van der Waals surface area contributed by atoms with Crippen molar-refractivity contribution in [3.8, 4) is 0 Å². The second kappa shape index (κ2) is 4.99. The molecule has 0 aromatic carbocycles. The minimum Gasteiger partial charge on any atom is -0.348 e. The van der Waals surface area contributed by atoms with E-state index in [1.54, 1.807) is 0 Å². The van der Waals surface area contributed by atoms with Gasteiger partial charge >= 0.3 is 0 Å². The molecular weight excluding hydrogens is 230 g/mol. The number of nitrogens with one attached hydrogen (secondary N) is 1. The molecule has 0 amide bonds. The number of nitrogens with zero attached hydrogens (tertiary/aromatic N) is 2. The summed E-state index contributed by atoms with van der Waals surface area (Å²) in [5, 5.41) is 7.77. The van der Waals surface area contributed by atoms with Crippen molar-refractivity contribution in [2.24, 2.45) is 7.05 Å². The van der Waals surface area contributed by atoms with Crippen LogP contribution in [0.1, 0.15) is 31.2 Å². The molecule has 1 aliphatic heterocycles. The molecule has 0 atom stereocenters. The first-order chi connectivity index (χ1) is 8.76. The van der Waals surface area contributed by atoms with Gasteiger partial charge in [0, 0.05) is 44.2 Å². The normalized spacial score (nSPS) is 23.8. The summed E-state index contributed by atoms with van der Waals surface area (Å²) in [4.78, 5) is 0. The Labute approximate surface area is 107 Å². The summed E-state index contributed by atoms with van der Waals surface area (Å²) in [6.07, 6.45) is 8.25. The van der Waals surface area contributed by atoms with E-state index in [0.29, 0.717) is 6.04 Å². The van der Waals surface area contributed by atoms with Gasteiger partial charge in [0.15, 0.2) is 5.79 Å². The maximum Gasteiger partial charge on any atom is 0.168 e. The zero-order valence-electron chi connectivity index (χ0n) is 10.9. The Morgan fingerprint density at radius 1 is 1.39 bits per heavy atom. The van der Waals surface area contributed by atoms with E-state index in [-0.39, 0.29) is 5.79 Å². The topological polar surface area (TPSA) is 48.3 Å². The molecule has 5 nitrogen and oxygen atoms in total. The lowest BCUT2D eigenvalue weighted by molar-refractivity contribution is -0.179. The maximum absolute atomic E-state index is 5.73.